The van der Waals surface area contributed by atoms with Crippen molar-refractivity contribution in [1.82, 2.24) is 0 Å². The summed E-state index contributed by atoms with van der Waals surface area (Å²) in [5, 5.41) is 1.42. The Balaban J connectivity index is 0. The number of nitrogens with zero attached hydrogens (tertiary/aromatic N) is 1. The topological polar surface area (TPSA) is 93.0 Å². The van der Waals surface area contributed by atoms with Gasteiger partial charge in [-0.15, -0.1) is 4.91 Å². The maximum Gasteiger partial charge on any atom is 0.468 e. The molecule has 0 aliphatic heterocycles. The maximum atomic E-state index is 9.27. The largest absolute Gasteiger partial charge is 0.468 e. The number of hydrogen-bond donors (Lipinski definition) is 1. The van der Waals surface area contributed by atoms with Crippen LogP contribution in [0.1, 0.15) is 0 Å². The summed E-state index contributed by atoms with van der Waals surface area (Å²) in [6.45, 7) is 0. The highest BCUT2D eigenvalue weighted by Gasteiger charge is 2.01. The fraction of sp³-hybridized carbons (Fsp3) is 0. The first-order valence-corrected chi connectivity index (χ1v) is 2.41. The van der Waals surface area contributed by atoms with Crippen molar-refractivity contribution in [1.29, 1.82) is 0 Å². The van der Waals surface area contributed by atoms with Gasteiger partial charge in [0, 0.05) is 0 Å². The lowest BCUT2D eigenvalue weighted by molar-refractivity contribution is 0.278. The zero-order chi connectivity index (χ0) is 5.91. The van der Waals surface area contributed by atoms with E-state index in [2.05, 4.69) is 4.28 Å². The molecule has 0 unspecified atom stereocenters. The normalized spacial score (nSPS) is 9.12. The van der Waals surface area contributed by atoms with Crippen molar-refractivity contribution in [2.75, 3.05) is 0 Å². The first-order chi connectivity index (χ1) is 3.06. The van der Waals surface area contributed by atoms with Crippen molar-refractivity contribution in [3.8, 4) is 0 Å². The van der Waals surface area contributed by atoms with Gasteiger partial charge in [0.05, 0.1) is 0 Å². The predicted octanol–water partition coefficient (Wildman–Crippen LogP) is -1.43. The minimum Gasteiger partial charge on any atom is -0.253 e. The summed E-state index contributed by atoms with van der Waals surface area (Å²) < 4.78 is 28.8. The molecule has 0 bridgehead atoms. The molecule has 0 radical (unpaired) electrons. The maximum absolute atomic E-state index is 9.27. The molecule has 0 aromatic carbocycles. The third-order valence-electron chi connectivity index (χ3n) is 0.125. The van der Waals surface area contributed by atoms with E-state index >= 15 is 0 Å². The molecule has 0 atom stereocenters. The van der Waals surface area contributed by atoms with Gasteiger partial charge < -0.3 is 0 Å². The molecule has 0 fully saturated rings. The number of hydrogen-bond acceptors (Lipinski definition) is 5. The zero-order valence-electron chi connectivity index (χ0n) is 2.94. The van der Waals surface area contributed by atoms with Crippen LogP contribution < -0.4 is 0 Å². The molecule has 0 rings (SSSR count). The first-order valence-electron chi connectivity index (χ1n) is 1.05. The minimum atomic E-state index is -4.65. The van der Waals surface area contributed by atoms with Crippen LogP contribution in [-0.2, 0) is 14.7 Å². The fourth-order valence-corrected chi connectivity index (χ4v) is 0.115. The Morgan fingerprint density at radius 1 is 1.50 bits per heavy atom. The summed E-state index contributed by atoms with van der Waals surface area (Å²) in [5.74, 6) is 0. The van der Waals surface area contributed by atoms with Gasteiger partial charge in [0.15, 0.2) is 5.34 Å². The van der Waals surface area contributed by atoms with E-state index in [0.29, 0.717) is 0 Å². The summed E-state index contributed by atoms with van der Waals surface area (Å²) >= 11 is 0. The molecule has 6 nitrogen and oxygen atoms in total. The van der Waals surface area contributed by atoms with Crippen molar-refractivity contribution < 1.29 is 17.3 Å². The molecule has 0 heterocycles. The van der Waals surface area contributed by atoms with E-state index in [1.54, 1.807) is 0 Å². The molecular formula is H3MgNO5S. The average Bonchev–Trinajstić information content (AvgIpc) is 1.30. The third-order valence-corrected chi connectivity index (χ3v) is 0.374. The third kappa shape index (κ3) is 9.42. The van der Waals surface area contributed by atoms with Crippen LogP contribution in [0.5, 0.6) is 0 Å². The molecule has 0 aromatic heterocycles. The van der Waals surface area contributed by atoms with Crippen molar-refractivity contribution in [3.63, 3.8) is 0 Å². The molecule has 0 saturated heterocycles. The molecule has 8 heavy (non-hydrogen) atoms. The van der Waals surface area contributed by atoms with Crippen LogP contribution in [0.15, 0.2) is 5.34 Å². The van der Waals surface area contributed by atoms with Crippen LogP contribution in [-0.4, -0.2) is 36.0 Å². The molecule has 0 saturated carbocycles. The predicted molar refractivity (Wildman–Crippen MR) is 27.0 cm³/mol. The Hall–Kier alpha value is 0.0762. The average molecular weight is 153 g/mol. The van der Waals surface area contributed by atoms with E-state index in [1.807, 2.05) is 0 Å². The SMILES string of the molecule is O=NOS(=O)(=O)O.[MgH2]. The van der Waals surface area contributed by atoms with Gasteiger partial charge in [-0.25, -0.2) is 4.28 Å². The van der Waals surface area contributed by atoms with Crippen LogP contribution >= 0.6 is 0 Å². The van der Waals surface area contributed by atoms with Crippen LogP contribution in [0.4, 0.5) is 0 Å². The van der Waals surface area contributed by atoms with Crippen molar-refractivity contribution in [2.45, 2.75) is 0 Å². The summed E-state index contributed by atoms with van der Waals surface area (Å²) in [5.41, 5.74) is 0. The highest BCUT2D eigenvalue weighted by Crippen LogP contribution is 1.82. The molecule has 0 spiro atoms. The lowest BCUT2D eigenvalue weighted by Gasteiger charge is -1.80. The Bertz CT molecular complexity index is 146. The van der Waals surface area contributed by atoms with Crippen LogP contribution in [0.3, 0.4) is 0 Å². The molecule has 0 aliphatic rings. The van der Waals surface area contributed by atoms with Gasteiger partial charge in [0.25, 0.3) is 0 Å². The molecule has 0 aliphatic carbocycles. The second kappa shape index (κ2) is 4.01. The summed E-state index contributed by atoms with van der Waals surface area (Å²) in [6.07, 6.45) is 0. The molecule has 46 valence electrons. The van der Waals surface area contributed by atoms with Crippen LogP contribution in [0.2, 0.25) is 0 Å². The van der Waals surface area contributed by atoms with Gasteiger partial charge >= 0.3 is 33.5 Å². The Labute approximate surface area is 61.2 Å². The highest BCUT2D eigenvalue weighted by molar-refractivity contribution is 7.80. The van der Waals surface area contributed by atoms with Gasteiger partial charge in [0.1, 0.15) is 0 Å². The molecule has 1 N–H and O–H groups in total. The van der Waals surface area contributed by atoms with Crippen LogP contribution in [0.25, 0.3) is 0 Å². The van der Waals surface area contributed by atoms with E-state index in [1.165, 1.54) is 5.34 Å². The van der Waals surface area contributed by atoms with Crippen molar-refractivity contribution >= 4 is 33.5 Å². The van der Waals surface area contributed by atoms with E-state index in [9.17, 15) is 8.42 Å². The Morgan fingerprint density at radius 3 is 1.88 bits per heavy atom. The summed E-state index contributed by atoms with van der Waals surface area (Å²) in [6, 6.07) is 0. The lowest BCUT2D eigenvalue weighted by Crippen LogP contribution is -1.95. The standard InChI is InChI=1S/Mg.HNO5S.2H/c;2-1-6-7(3,4)5;;/h;(H,3,4,5);;. The smallest absolute Gasteiger partial charge is 0.253 e. The van der Waals surface area contributed by atoms with E-state index in [0.717, 1.165) is 0 Å². The zero-order valence-corrected chi connectivity index (χ0v) is 3.75. The van der Waals surface area contributed by atoms with Gasteiger partial charge in [-0.05, 0) is 0 Å². The number of rotatable bonds is 2. The second-order valence-electron chi connectivity index (χ2n) is 0.577. The lowest BCUT2D eigenvalue weighted by atomic mass is 13.4. The first kappa shape index (κ1) is 11.0. The summed E-state index contributed by atoms with van der Waals surface area (Å²) in [4.78, 5) is 8.81. The van der Waals surface area contributed by atoms with Gasteiger partial charge in [-0.2, -0.15) is 8.42 Å². The Morgan fingerprint density at radius 2 is 1.88 bits per heavy atom. The van der Waals surface area contributed by atoms with E-state index in [4.69, 9.17) is 9.46 Å². The van der Waals surface area contributed by atoms with Crippen molar-refractivity contribution in [2.24, 2.45) is 5.34 Å². The minimum absolute atomic E-state index is 0. The van der Waals surface area contributed by atoms with Crippen molar-refractivity contribution in [3.05, 3.63) is 4.91 Å². The quantitative estimate of drug-likeness (QED) is 0.227. The fourth-order valence-electron chi connectivity index (χ4n) is 0.0385. The van der Waals surface area contributed by atoms with Crippen LogP contribution in [0, 0.1) is 4.91 Å². The van der Waals surface area contributed by atoms with E-state index < -0.39 is 10.4 Å². The summed E-state index contributed by atoms with van der Waals surface area (Å²) in [7, 11) is -4.65. The van der Waals surface area contributed by atoms with Gasteiger partial charge in [-0.1, -0.05) is 0 Å². The monoisotopic (exact) mass is 153 g/mol. The second-order valence-corrected chi connectivity index (χ2v) is 1.58. The molecular weight excluding hydrogens is 150 g/mol. The van der Waals surface area contributed by atoms with Gasteiger partial charge in [-0.3, -0.25) is 4.55 Å². The van der Waals surface area contributed by atoms with Gasteiger partial charge in [0.2, 0.25) is 0 Å². The molecule has 8 heteroatoms. The molecule has 0 aromatic rings. The highest BCUT2D eigenvalue weighted by atomic mass is 32.3. The molecule has 0 amide bonds. The van der Waals surface area contributed by atoms with E-state index in [-0.39, 0.29) is 23.1 Å². The Kier molecular flexibility index (Phi) is 5.48.